The van der Waals surface area contributed by atoms with Crippen LogP contribution in [0.4, 0.5) is 0 Å². The van der Waals surface area contributed by atoms with E-state index in [2.05, 4.69) is 10.6 Å². The first kappa shape index (κ1) is 12.8. The lowest BCUT2D eigenvalue weighted by Gasteiger charge is -2.28. The fourth-order valence-electron chi connectivity index (χ4n) is 3.71. The van der Waals surface area contributed by atoms with Crippen LogP contribution >= 0.6 is 11.8 Å². The van der Waals surface area contributed by atoms with Gasteiger partial charge in [0.15, 0.2) is 0 Å². The van der Waals surface area contributed by atoms with Gasteiger partial charge in [-0.3, -0.25) is 4.79 Å². The van der Waals surface area contributed by atoms with E-state index in [9.17, 15) is 4.79 Å². The molecule has 0 spiro atoms. The number of hydrogen-bond acceptors (Lipinski definition) is 3. The molecular weight excluding hydrogens is 244 g/mol. The van der Waals surface area contributed by atoms with E-state index in [1.807, 2.05) is 11.8 Å². The Morgan fingerprint density at radius 1 is 1.22 bits per heavy atom. The van der Waals surface area contributed by atoms with E-state index >= 15 is 0 Å². The van der Waals surface area contributed by atoms with Crippen molar-refractivity contribution in [3.8, 4) is 0 Å². The minimum atomic E-state index is 0.286. The van der Waals surface area contributed by atoms with Gasteiger partial charge >= 0.3 is 0 Å². The zero-order chi connectivity index (χ0) is 12.4. The van der Waals surface area contributed by atoms with Crippen molar-refractivity contribution in [2.45, 2.75) is 62.3 Å². The number of fused-ring (bicyclic) bond motifs is 2. The summed E-state index contributed by atoms with van der Waals surface area (Å²) in [7, 11) is 0. The molecule has 18 heavy (non-hydrogen) atoms. The molecule has 2 bridgehead atoms. The summed E-state index contributed by atoms with van der Waals surface area (Å²) in [5, 5.41) is 7.46. The Hall–Kier alpha value is -0.220. The summed E-state index contributed by atoms with van der Waals surface area (Å²) in [6, 6.07) is 1.40. The van der Waals surface area contributed by atoms with E-state index in [1.54, 1.807) is 0 Å². The van der Waals surface area contributed by atoms with Gasteiger partial charge in [-0.15, -0.1) is 0 Å². The van der Waals surface area contributed by atoms with Gasteiger partial charge in [0.2, 0.25) is 5.91 Å². The molecule has 0 aromatic carbocycles. The topological polar surface area (TPSA) is 41.1 Å². The van der Waals surface area contributed by atoms with Crippen LogP contribution in [0.2, 0.25) is 0 Å². The molecule has 3 unspecified atom stereocenters. The highest BCUT2D eigenvalue weighted by Crippen LogP contribution is 2.32. The molecule has 3 saturated heterocycles. The highest BCUT2D eigenvalue weighted by molar-refractivity contribution is 8.00. The summed E-state index contributed by atoms with van der Waals surface area (Å²) in [6.45, 7) is 0.890. The van der Waals surface area contributed by atoms with Crippen molar-refractivity contribution in [3.05, 3.63) is 0 Å². The first-order chi connectivity index (χ1) is 8.79. The summed E-state index contributed by atoms with van der Waals surface area (Å²) < 4.78 is 0. The van der Waals surface area contributed by atoms with E-state index < -0.39 is 0 Å². The summed E-state index contributed by atoms with van der Waals surface area (Å²) in [5.41, 5.74) is 0. The van der Waals surface area contributed by atoms with Gasteiger partial charge in [0.05, 0.1) is 0 Å². The number of nitrogens with one attached hydrogen (secondary N) is 2. The summed E-state index contributed by atoms with van der Waals surface area (Å²) in [4.78, 5) is 12.0. The predicted octanol–water partition coefficient (Wildman–Crippen LogP) is 1.92. The third-order valence-corrected chi connectivity index (χ3v) is 5.99. The fraction of sp³-hybridized carbons (Fsp3) is 0.929. The Labute approximate surface area is 114 Å². The third kappa shape index (κ3) is 3.21. The highest BCUT2D eigenvalue weighted by Gasteiger charge is 2.34. The molecule has 0 aromatic rings. The third-order valence-electron chi connectivity index (χ3n) is 4.60. The molecule has 1 amide bonds. The maximum atomic E-state index is 12.0. The van der Waals surface area contributed by atoms with Crippen molar-refractivity contribution in [3.63, 3.8) is 0 Å². The monoisotopic (exact) mass is 268 g/mol. The Morgan fingerprint density at radius 3 is 2.67 bits per heavy atom. The second-order valence-electron chi connectivity index (χ2n) is 6.12. The molecule has 0 saturated carbocycles. The largest absolute Gasteiger partial charge is 0.355 e. The molecule has 3 nitrogen and oxygen atoms in total. The number of carbonyl (C=O) groups is 1. The number of thioether (sulfide) groups is 1. The number of piperidine rings is 1. The standard InChI is InChI=1S/C14H24N2OS/c17-14(15-9-13-2-1-5-18-13)8-10-6-11-3-4-12(7-10)16-11/h10-13,16H,1-9H2,(H,15,17). The normalized spacial score (nSPS) is 38.9. The van der Waals surface area contributed by atoms with E-state index in [4.69, 9.17) is 0 Å². The van der Waals surface area contributed by atoms with Crippen molar-refractivity contribution < 1.29 is 4.79 Å². The molecule has 3 aliphatic heterocycles. The van der Waals surface area contributed by atoms with Crippen LogP contribution in [0.5, 0.6) is 0 Å². The van der Waals surface area contributed by atoms with Crippen LogP contribution < -0.4 is 10.6 Å². The SMILES string of the molecule is O=C(CC1CC2CCC(C1)N2)NCC1CCCS1. The number of rotatable bonds is 4. The van der Waals surface area contributed by atoms with Gasteiger partial charge in [0.1, 0.15) is 0 Å². The van der Waals surface area contributed by atoms with Crippen molar-refractivity contribution in [2.24, 2.45) is 5.92 Å². The van der Waals surface area contributed by atoms with Crippen molar-refractivity contribution in [1.29, 1.82) is 0 Å². The number of hydrogen-bond donors (Lipinski definition) is 2. The van der Waals surface area contributed by atoms with Gasteiger partial charge in [0, 0.05) is 30.3 Å². The van der Waals surface area contributed by atoms with Gasteiger partial charge < -0.3 is 10.6 Å². The average Bonchev–Trinajstić information content (AvgIpc) is 2.97. The minimum absolute atomic E-state index is 0.286. The molecule has 0 aliphatic carbocycles. The Kier molecular flexibility index (Phi) is 4.14. The molecule has 4 heteroatoms. The Balaban J connectivity index is 1.38. The van der Waals surface area contributed by atoms with Crippen molar-refractivity contribution >= 4 is 17.7 Å². The van der Waals surface area contributed by atoms with E-state index in [0.29, 0.717) is 23.3 Å². The predicted molar refractivity (Wildman–Crippen MR) is 75.8 cm³/mol. The summed E-state index contributed by atoms with van der Waals surface area (Å²) in [5.74, 6) is 2.19. The molecule has 3 atom stereocenters. The molecule has 3 heterocycles. The lowest BCUT2D eigenvalue weighted by atomic mass is 9.89. The van der Waals surface area contributed by atoms with E-state index in [0.717, 1.165) is 13.0 Å². The molecule has 3 fully saturated rings. The molecule has 3 aliphatic rings. The van der Waals surface area contributed by atoms with Crippen LogP contribution in [0, 0.1) is 5.92 Å². The lowest BCUT2D eigenvalue weighted by molar-refractivity contribution is -0.122. The molecular formula is C14H24N2OS. The van der Waals surface area contributed by atoms with Crippen LogP contribution in [-0.4, -0.2) is 35.5 Å². The van der Waals surface area contributed by atoms with Gasteiger partial charge in [-0.25, -0.2) is 0 Å². The maximum absolute atomic E-state index is 12.0. The zero-order valence-electron chi connectivity index (χ0n) is 11.0. The van der Waals surface area contributed by atoms with Crippen LogP contribution in [0.15, 0.2) is 0 Å². The number of amides is 1. The second kappa shape index (κ2) is 5.83. The van der Waals surface area contributed by atoms with Crippen molar-refractivity contribution in [1.82, 2.24) is 10.6 Å². The fourth-order valence-corrected chi connectivity index (χ4v) is 4.91. The lowest BCUT2D eigenvalue weighted by Crippen LogP contribution is -2.40. The first-order valence-corrected chi connectivity index (χ1v) is 8.49. The maximum Gasteiger partial charge on any atom is 0.220 e. The van der Waals surface area contributed by atoms with Gasteiger partial charge in [-0.05, 0) is 50.2 Å². The zero-order valence-corrected chi connectivity index (χ0v) is 11.8. The Morgan fingerprint density at radius 2 is 2.00 bits per heavy atom. The highest BCUT2D eigenvalue weighted by atomic mass is 32.2. The van der Waals surface area contributed by atoms with Crippen LogP contribution in [0.1, 0.15) is 44.9 Å². The average molecular weight is 268 g/mol. The van der Waals surface area contributed by atoms with Gasteiger partial charge in [-0.1, -0.05) is 0 Å². The minimum Gasteiger partial charge on any atom is -0.355 e. The quantitative estimate of drug-likeness (QED) is 0.818. The van der Waals surface area contributed by atoms with Crippen molar-refractivity contribution in [2.75, 3.05) is 12.3 Å². The molecule has 0 aromatic heterocycles. The number of carbonyl (C=O) groups excluding carboxylic acids is 1. The molecule has 0 radical (unpaired) electrons. The first-order valence-electron chi connectivity index (χ1n) is 7.44. The molecule has 2 N–H and O–H groups in total. The molecule has 3 rings (SSSR count). The van der Waals surface area contributed by atoms with Gasteiger partial charge in [-0.2, -0.15) is 11.8 Å². The van der Waals surface area contributed by atoms with Crippen LogP contribution in [0.3, 0.4) is 0 Å². The van der Waals surface area contributed by atoms with E-state index in [-0.39, 0.29) is 5.91 Å². The summed E-state index contributed by atoms with van der Waals surface area (Å²) in [6.07, 6.45) is 8.42. The molecule has 102 valence electrons. The summed E-state index contributed by atoms with van der Waals surface area (Å²) >= 11 is 2.02. The van der Waals surface area contributed by atoms with E-state index in [1.165, 1.54) is 44.3 Å². The van der Waals surface area contributed by atoms with Gasteiger partial charge in [0.25, 0.3) is 0 Å². The van der Waals surface area contributed by atoms with Crippen LogP contribution in [0.25, 0.3) is 0 Å². The Bertz CT molecular complexity index is 292. The van der Waals surface area contributed by atoms with Crippen LogP contribution in [-0.2, 0) is 4.79 Å². The second-order valence-corrected chi connectivity index (χ2v) is 7.53. The smallest absolute Gasteiger partial charge is 0.220 e.